The first-order valence-corrected chi connectivity index (χ1v) is 13.6. The fraction of sp³-hybridized carbons (Fsp3) is 0.333. The maximum atomic E-state index is 6.39. The second-order valence-electron chi connectivity index (χ2n) is 6.65. The minimum absolute atomic E-state index is 0.463. The normalized spacial score (nSPS) is 13.4. The average Bonchev–Trinajstić information content (AvgIpc) is 2.45. The molecule has 0 heterocycles. The first-order valence-electron chi connectivity index (χ1n) is 7.73. The highest BCUT2D eigenvalue weighted by Gasteiger charge is 2.23. The van der Waals surface area contributed by atoms with Gasteiger partial charge in [-0.3, -0.25) is 0 Å². The van der Waals surface area contributed by atoms with Crippen LogP contribution >= 0.6 is 0 Å². The zero-order valence-electron chi connectivity index (χ0n) is 13.5. The zero-order chi connectivity index (χ0) is 15.3. The fourth-order valence-electron chi connectivity index (χ4n) is 2.82. The Balaban J connectivity index is 2.21. The summed E-state index contributed by atoms with van der Waals surface area (Å²) in [5.74, 6) is 0.463. The predicted molar refractivity (Wildman–Crippen MR) is 97.0 cm³/mol. The second kappa shape index (κ2) is 7.20. The number of rotatable bonds is 6. The Hall–Kier alpha value is -1.17. The highest BCUT2D eigenvalue weighted by atomic mass is 28.4. The van der Waals surface area contributed by atoms with Crippen LogP contribution in [-0.2, 0) is 4.12 Å². The molecule has 2 aromatic rings. The minimum atomic E-state index is -1.43. The van der Waals surface area contributed by atoms with E-state index in [4.69, 9.17) is 4.12 Å². The topological polar surface area (TPSA) is 9.23 Å². The van der Waals surface area contributed by atoms with E-state index in [2.05, 4.69) is 86.9 Å². The van der Waals surface area contributed by atoms with E-state index in [1.165, 1.54) is 11.1 Å². The standard InChI is InChI=1S/C18H26OSi2/c1-20(19-21(2,3)4)15-18(16-11-7-5-8-12-16)17-13-9-6-10-14-17/h5-14,18,20H,15H2,1-4H3. The molecule has 0 bridgehead atoms. The van der Waals surface area contributed by atoms with Gasteiger partial charge in [0.15, 0.2) is 17.4 Å². The molecule has 0 N–H and O–H groups in total. The van der Waals surface area contributed by atoms with Crippen molar-refractivity contribution >= 4 is 17.4 Å². The lowest BCUT2D eigenvalue weighted by molar-refractivity contribution is 0.567. The van der Waals surface area contributed by atoms with Crippen LogP contribution in [0.25, 0.3) is 0 Å². The van der Waals surface area contributed by atoms with Gasteiger partial charge < -0.3 is 4.12 Å². The van der Waals surface area contributed by atoms with Gasteiger partial charge in [-0.1, -0.05) is 60.7 Å². The Bertz CT molecular complexity index is 495. The van der Waals surface area contributed by atoms with Crippen molar-refractivity contribution in [3.8, 4) is 0 Å². The van der Waals surface area contributed by atoms with Crippen LogP contribution in [-0.4, -0.2) is 17.4 Å². The molecule has 0 aliphatic heterocycles. The van der Waals surface area contributed by atoms with Crippen LogP contribution in [0.15, 0.2) is 60.7 Å². The van der Waals surface area contributed by atoms with Crippen molar-refractivity contribution in [1.29, 1.82) is 0 Å². The minimum Gasteiger partial charge on any atom is -0.458 e. The molecule has 112 valence electrons. The maximum absolute atomic E-state index is 6.39. The van der Waals surface area contributed by atoms with E-state index < -0.39 is 17.4 Å². The summed E-state index contributed by atoms with van der Waals surface area (Å²) in [5.41, 5.74) is 2.81. The van der Waals surface area contributed by atoms with Crippen molar-refractivity contribution in [3.63, 3.8) is 0 Å². The molecule has 1 unspecified atom stereocenters. The molecule has 0 radical (unpaired) electrons. The third kappa shape index (κ3) is 5.27. The lowest BCUT2D eigenvalue weighted by atomic mass is 9.93. The fourth-order valence-corrected chi connectivity index (χ4v) is 9.24. The highest BCUT2D eigenvalue weighted by Crippen LogP contribution is 2.30. The lowest BCUT2D eigenvalue weighted by Gasteiger charge is -2.27. The second-order valence-corrected chi connectivity index (χ2v) is 13.9. The van der Waals surface area contributed by atoms with Crippen LogP contribution in [0.3, 0.4) is 0 Å². The van der Waals surface area contributed by atoms with Crippen LogP contribution in [0.5, 0.6) is 0 Å². The molecular weight excluding hydrogens is 288 g/mol. The summed E-state index contributed by atoms with van der Waals surface area (Å²) in [6.45, 7) is 9.21. The summed E-state index contributed by atoms with van der Waals surface area (Å²) in [7, 11) is -2.59. The summed E-state index contributed by atoms with van der Waals surface area (Å²) in [6, 6.07) is 22.9. The molecule has 1 atom stereocenters. The largest absolute Gasteiger partial charge is 0.458 e. The van der Waals surface area contributed by atoms with E-state index in [0.29, 0.717) is 5.92 Å². The van der Waals surface area contributed by atoms with Gasteiger partial charge in [0.05, 0.1) is 0 Å². The molecule has 0 saturated heterocycles. The third-order valence-corrected chi connectivity index (χ3v) is 9.10. The Labute approximate surface area is 131 Å². The van der Waals surface area contributed by atoms with E-state index in [-0.39, 0.29) is 0 Å². The van der Waals surface area contributed by atoms with Gasteiger partial charge in [-0.15, -0.1) is 0 Å². The molecule has 0 fully saturated rings. The Kier molecular flexibility index (Phi) is 5.56. The molecule has 3 heteroatoms. The van der Waals surface area contributed by atoms with Crippen molar-refractivity contribution in [1.82, 2.24) is 0 Å². The third-order valence-electron chi connectivity index (χ3n) is 3.53. The zero-order valence-corrected chi connectivity index (χ0v) is 15.7. The van der Waals surface area contributed by atoms with Gasteiger partial charge in [-0.25, -0.2) is 0 Å². The smallest absolute Gasteiger partial charge is 0.170 e. The van der Waals surface area contributed by atoms with Gasteiger partial charge in [0.25, 0.3) is 0 Å². The van der Waals surface area contributed by atoms with Gasteiger partial charge in [0.1, 0.15) is 0 Å². The van der Waals surface area contributed by atoms with E-state index in [0.717, 1.165) is 6.04 Å². The van der Waals surface area contributed by atoms with Crippen LogP contribution in [0, 0.1) is 0 Å². The van der Waals surface area contributed by atoms with Gasteiger partial charge in [0, 0.05) is 5.92 Å². The predicted octanol–water partition coefficient (Wildman–Crippen LogP) is 5.02. The quantitative estimate of drug-likeness (QED) is 0.680. The molecule has 0 aliphatic rings. The lowest BCUT2D eigenvalue weighted by Crippen LogP contribution is -2.33. The number of hydrogen-bond donors (Lipinski definition) is 0. The van der Waals surface area contributed by atoms with Crippen LogP contribution in [0.1, 0.15) is 17.0 Å². The molecule has 21 heavy (non-hydrogen) atoms. The molecule has 0 saturated carbocycles. The van der Waals surface area contributed by atoms with Gasteiger partial charge in [-0.2, -0.15) is 0 Å². The van der Waals surface area contributed by atoms with Crippen LogP contribution < -0.4 is 0 Å². The maximum Gasteiger partial charge on any atom is 0.170 e. The molecule has 2 rings (SSSR count). The molecular formula is C18H26OSi2. The van der Waals surface area contributed by atoms with Crippen molar-refractivity contribution in [2.75, 3.05) is 0 Å². The molecule has 0 spiro atoms. The SMILES string of the molecule is C[SiH](CC(c1ccccc1)c1ccccc1)O[Si](C)(C)C. The van der Waals surface area contributed by atoms with Gasteiger partial charge >= 0.3 is 0 Å². The summed E-state index contributed by atoms with van der Waals surface area (Å²) < 4.78 is 6.39. The molecule has 0 aromatic heterocycles. The van der Waals surface area contributed by atoms with E-state index in [9.17, 15) is 0 Å². The Morgan fingerprint density at radius 2 is 1.29 bits per heavy atom. The summed E-state index contributed by atoms with van der Waals surface area (Å²) >= 11 is 0. The summed E-state index contributed by atoms with van der Waals surface area (Å²) in [4.78, 5) is 0. The van der Waals surface area contributed by atoms with Crippen LogP contribution in [0.4, 0.5) is 0 Å². The van der Waals surface area contributed by atoms with E-state index >= 15 is 0 Å². The number of benzene rings is 2. The molecule has 1 nitrogen and oxygen atoms in total. The monoisotopic (exact) mass is 314 g/mol. The van der Waals surface area contributed by atoms with E-state index in [1.807, 2.05) is 0 Å². The van der Waals surface area contributed by atoms with Gasteiger partial charge in [-0.05, 0) is 43.4 Å². The first kappa shape index (κ1) is 16.2. The summed E-state index contributed by atoms with van der Waals surface area (Å²) in [5, 5.41) is 0. The molecule has 2 aromatic carbocycles. The Morgan fingerprint density at radius 1 is 0.857 bits per heavy atom. The average molecular weight is 315 g/mol. The molecule has 0 amide bonds. The van der Waals surface area contributed by atoms with Crippen LogP contribution in [0.2, 0.25) is 32.2 Å². The Morgan fingerprint density at radius 3 is 1.67 bits per heavy atom. The van der Waals surface area contributed by atoms with Crippen molar-refractivity contribution in [2.45, 2.75) is 38.2 Å². The highest BCUT2D eigenvalue weighted by molar-refractivity contribution is 6.77. The van der Waals surface area contributed by atoms with Crippen molar-refractivity contribution in [2.24, 2.45) is 0 Å². The van der Waals surface area contributed by atoms with E-state index in [1.54, 1.807) is 0 Å². The van der Waals surface area contributed by atoms with Crippen molar-refractivity contribution in [3.05, 3.63) is 71.8 Å². The van der Waals surface area contributed by atoms with Crippen molar-refractivity contribution < 1.29 is 4.12 Å². The number of hydrogen-bond acceptors (Lipinski definition) is 1. The summed E-state index contributed by atoms with van der Waals surface area (Å²) in [6.07, 6.45) is 0. The first-order chi connectivity index (χ1) is 9.96. The molecule has 0 aliphatic carbocycles. The van der Waals surface area contributed by atoms with Gasteiger partial charge in [0.2, 0.25) is 0 Å².